The van der Waals surface area contributed by atoms with E-state index in [1.807, 2.05) is 37.3 Å². The van der Waals surface area contributed by atoms with Gasteiger partial charge in [0.1, 0.15) is 5.56 Å². The van der Waals surface area contributed by atoms with Gasteiger partial charge in [-0.25, -0.2) is 4.79 Å². The van der Waals surface area contributed by atoms with Gasteiger partial charge in [0.25, 0.3) is 5.91 Å². The van der Waals surface area contributed by atoms with Crippen molar-refractivity contribution in [1.82, 2.24) is 5.32 Å². The molecule has 2 aromatic carbocycles. The minimum absolute atomic E-state index is 0.0393. The molecular weight excluding hydrogens is 314 g/mol. The van der Waals surface area contributed by atoms with E-state index in [1.165, 1.54) is 6.07 Å². The lowest BCUT2D eigenvalue weighted by Crippen LogP contribution is -2.30. The third-order valence-electron chi connectivity index (χ3n) is 3.60. The lowest BCUT2D eigenvalue weighted by Gasteiger charge is -2.14. The van der Waals surface area contributed by atoms with Crippen LogP contribution >= 0.6 is 11.6 Å². The summed E-state index contributed by atoms with van der Waals surface area (Å²) in [5.74, 6) is -0.475. The Hall–Kier alpha value is -2.59. The van der Waals surface area contributed by atoms with Crippen LogP contribution in [0.5, 0.6) is 0 Å². The molecule has 0 bridgehead atoms. The highest BCUT2D eigenvalue weighted by atomic mass is 35.5. The average molecular weight is 328 g/mol. The molecule has 0 spiro atoms. The highest BCUT2D eigenvalue weighted by molar-refractivity contribution is 6.34. The molecule has 1 atom stereocenters. The maximum atomic E-state index is 12.4. The zero-order chi connectivity index (χ0) is 16.4. The predicted molar refractivity (Wildman–Crippen MR) is 89.8 cm³/mol. The molecule has 1 amide bonds. The van der Waals surface area contributed by atoms with Crippen molar-refractivity contribution < 1.29 is 9.21 Å². The maximum absolute atomic E-state index is 12.4. The van der Waals surface area contributed by atoms with Crippen LogP contribution in [-0.2, 0) is 0 Å². The third kappa shape index (κ3) is 3.12. The fourth-order valence-corrected chi connectivity index (χ4v) is 2.59. The Kier molecular flexibility index (Phi) is 4.17. The summed E-state index contributed by atoms with van der Waals surface area (Å²) in [6.45, 7) is 1.85. The second-order valence-electron chi connectivity index (χ2n) is 5.21. The number of amides is 1. The van der Waals surface area contributed by atoms with E-state index in [9.17, 15) is 9.59 Å². The van der Waals surface area contributed by atoms with Crippen molar-refractivity contribution in [3.8, 4) is 0 Å². The van der Waals surface area contributed by atoms with Crippen LogP contribution in [0.2, 0.25) is 5.02 Å². The second-order valence-corrected chi connectivity index (χ2v) is 5.62. The first-order valence-corrected chi connectivity index (χ1v) is 7.52. The Morgan fingerprint density at radius 2 is 1.87 bits per heavy atom. The van der Waals surface area contributed by atoms with Crippen molar-refractivity contribution in [1.29, 1.82) is 0 Å². The van der Waals surface area contributed by atoms with Crippen LogP contribution < -0.4 is 10.9 Å². The van der Waals surface area contributed by atoms with E-state index in [2.05, 4.69) is 5.32 Å². The van der Waals surface area contributed by atoms with Gasteiger partial charge in [-0.1, -0.05) is 54.1 Å². The van der Waals surface area contributed by atoms with Crippen molar-refractivity contribution in [2.45, 2.75) is 13.0 Å². The highest BCUT2D eigenvalue weighted by Gasteiger charge is 2.17. The van der Waals surface area contributed by atoms with Gasteiger partial charge in [0.2, 0.25) is 0 Å². The molecule has 4 nitrogen and oxygen atoms in total. The second kappa shape index (κ2) is 6.26. The summed E-state index contributed by atoms with van der Waals surface area (Å²) in [5, 5.41) is 3.74. The molecule has 0 saturated heterocycles. The molecule has 23 heavy (non-hydrogen) atoms. The van der Waals surface area contributed by atoms with Crippen LogP contribution in [0.3, 0.4) is 0 Å². The van der Waals surface area contributed by atoms with Gasteiger partial charge in [-0.2, -0.15) is 0 Å². The topological polar surface area (TPSA) is 59.3 Å². The van der Waals surface area contributed by atoms with Crippen LogP contribution in [0.15, 0.2) is 63.8 Å². The molecule has 3 rings (SSSR count). The number of para-hydroxylation sites is 1. The Morgan fingerprint density at radius 1 is 1.13 bits per heavy atom. The summed E-state index contributed by atoms with van der Waals surface area (Å²) >= 11 is 5.99. The fourth-order valence-electron chi connectivity index (χ4n) is 2.37. The molecule has 1 aromatic heterocycles. The first kappa shape index (κ1) is 15.3. The van der Waals surface area contributed by atoms with E-state index >= 15 is 0 Å². The normalized spacial score (nSPS) is 12.1. The van der Waals surface area contributed by atoms with E-state index in [4.69, 9.17) is 16.0 Å². The Bertz CT molecular complexity index is 918. The van der Waals surface area contributed by atoms with E-state index in [0.717, 1.165) is 5.56 Å². The van der Waals surface area contributed by atoms with Gasteiger partial charge in [0.15, 0.2) is 5.58 Å². The number of carbonyl (C=O) groups is 1. The molecule has 1 N–H and O–H groups in total. The number of rotatable bonds is 3. The largest absolute Gasteiger partial charge is 0.421 e. The number of halogens is 1. The SMILES string of the molecule is C[C@H](NC(=O)c1cc2cccc(Cl)c2oc1=O)c1ccccc1. The average Bonchev–Trinajstić information content (AvgIpc) is 2.56. The first-order valence-electron chi connectivity index (χ1n) is 7.14. The van der Waals surface area contributed by atoms with Crippen LogP contribution in [0.25, 0.3) is 11.0 Å². The molecule has 0 fully saturated rings. The number of benzene rings is 2. The standard InChI is InChI=1S/C18H14ClNO3/c1-11(12-6-3-2-4-7-12)20-17(21)14-10-13-8-5-9-15(19)16(13)23-18(14)22/h2-11H,1H3,(H,20,21)/t11-/m0/s1. The van der Waals surface area contributed by atoms with Crippen LogP contribution in [0.4, 0.5) is 0 Å². The third-order valence-corrected chi connectivity index (χ3v) is 3.90. The fraction of sp³-hybridized carbons (Fsp3) is 0.111. The van der Waals surface area contributed by atoms with E-state index in [0.29, 0.717) is 10.4 Å². The molecule has 1 heterocycles. The molecule has 3 aromatic rings. The smallest absolute Gasteiger partial charge is 0.349 e. The molecule has 0 unspecified atom stereocenters. The van der Waals surface area contributed by atoms with E-state index < -0.39 is 11.5 Å². The summed E-state index contributed by atoms with van der Waals surface area (Å²) in [7, 11) is 0. The molecular formula is C18H14ClNO3. The van der Waals surface area contributed by atoms with Gasteiger partial charge < -0.3 is 9.73 Å². The zero-order valence-corrected chi connectivity index (χ0v) is 13.1. The number of carbonyl (C=O) groups excluding carboxylic acids is 1. The molecule has 0 aliphatic carbocycles. The van der Waals surface area contributed by atoms with Crippen molar-refractivity contribution in [2.24, 2.45) is 0 Å². The maximum Gasteiger partial charge on any atom is 0.349 e. The molecule has 0 saturated carbocycles. The Labute approximate surface area is 137 Å². The van der Waals surface area contributed by atoms with Gasteiger partial charge in [-0.05, 0) is 24.6 Å². The quantitative estimate of drug-likeness (QED) is 0.741. The number of fused-ring (bicyclic) bond motifs is 1. The highest BCUT2D eigenvalue weighted by Crippen LogP contribution is 2.22. The van der Waals surface area contributed by atoms with Gasteiger partial charge >= 0.3 is 5.63 Å². The first-order chi connectivity index (χ1) is 11.1. The van der Waals surface area contributed by atoms with E-state index in [1.54, 1.807) is 18.2 Å². The van der Waals surface area contributed by atoms with Crippen LogP contribution in [-0.4, -0.2) is 5.91 Å². The van der Waals surface area contributed by atoms with Crippen molar-refractivity contribution in [3.63, 3.8) is 0 Å². The van der Waals surface area contributed by atoms with Gasteiger partial charge in [0, 0.05) is 5.39 Å². The van der Waals surface area contributed by atoms with Crippen molar-refractivity contribution in [2.75, 3.05) is 0 Å². The van der Waals surface area contributed by atoms with Crippen molar-refractivity contribution in [3.05, 3.63) is 81.2 Å². The molecule has 0 aliphatic heterocycles. The summed E-state index contributed by atoms with van der Waals surface area (Å²) < 4.78 is 5.18. The van der Waals surface area contributed by atoms with Gasteiger partial charge in [-0.15, -0.1) is 0 Å². The lowest BCUT2D eigenvalue weighted by molar-refractivity contribution is 0.0936. The molecule has 116 valence electrons. The molecule has 0 radical (unpaired) electrons. The lowest BCUT2D eigenvalue weighted by atomic mass is 10.1. The summed E-state index contributed by atoms with van der Waals surface area (Å²) in [6, 6.07) is 15.9. The molecule has 0 aliphatic rings. The monoisotopic (exact) mass is 327 g/mol. The summed E-state index contributed by atoms with van der Waals surface area (Å²) in [6.07, 6.45) is 0. The van der Waals surface area contributed by atoms with Crippen LogP contribution in [0.1, 0.15) is 28.9 Å². The minimum Gasteiger partial charge on any atom is -0.421 e. The minimum atomic E-state index is -0.705. The van der Waals surface area contributed by atoms with Crippen molar-refractivity contribution >= 4 is 28.5 Å². The number of hydrogen-bond donors (Lipinski definition) is 1. The van der Waals surface area contributed by atoms with Gasteiger partial charge in [-0.3, -0.25) is 4.79 Å². The summed E-state index contributed by atoms with van der Waals surface area (Å²) in [4.78, 5) is 24.4. The molecule has 5 heteroatoms. The zero-order valence-electron chi connectivity index (χ0n) is 12.4. The Balaban J connectivity index is 1.92. The number of hydrogen-bond acceptors (Lipinski definition) is 3. The summed E-state index contributed by atoms with van der Waals surface area (Å²) in [5.41, 5.74) is 0.492. The van der Waals surface area contributed by atoms with Gasteiger partial charge in [0.05, 0.1) is 11.1 Å². The van der Waals surface area contributed by atoms with Crippen LogP contribution in [0, 0.1) is 0 Å². The number of nitrogens with one attached hydrogen (secondary N) is 1. The van der Waals surface area contributed by atoms with E-state index in [-0.39, 0.29) is 17.2 Å². The predicted octanol–water partition coefficient (Wildman–Crippen LogP) is 3.94. The Morgan fingerprint density at radius 3 is 2.61 bits per heavy atom.